The molecular formula is C10H12N2S. The summed E-state index contributed by atoms with van der Waals surface area (Å²) in [6, 6.07) is 7.93. The van der Waals surface area contributed by atoms with Gasteiger partial charge in [-0.15, -0.1) is 11.8 Å². The SMILES string of the molecule is Cc1cc(N)ccc1SC(C)C#N. The molecule has 0 aliphatic carbocycles. The molecule has 1 unspecified atom stereocenters. The molecule has 2 N–H and O–H groups in total. The van der Waals surface area contributed by atoms with E-state index in [0.717, 1.165) is 16.1 Å². The van der Waals surface area contributed by atoms with Gasteiger partial charge < -0.3 is 5.73 Å². The van der Waals surface area contributed by atoms with Crippen LogP contribution in [0.3, 0.4) is 0 Å². The minimum atomic E-state index is -0.0117. The van der Waals surface area contributed by atoms with Crippen molar-refractivity contribution in [2.45, 2.75) is 24.0 Å². The van der Waals surface area contributed by atoms with Crippen LogP contribution in [0.25, 0.3) is 0 Å². The van der Waals surface area contributed by atoms with Gasteiger partial charge in [0.15, 0.2) is 0 Å². The zero-order valence-corrected chi connectivity index (χ0v) is 8.56. The molecule has 0 bridgehead atoms. The molecule has 0 spiro atoms. The number of anilines is 1. The van der Waals surface area contributed by atoms with Crippen molar-refractivity contribution in [2.75, 3.05) is 5.73 Å². The van der Waals surface area contributed by atoms with E-state index in [9.17, 15) is 0 Å². The third-order valence-electron chi connectivity index (χ3n) is 1.68. The molecule has 1 rings (SSSR count). The van der Waals surface area contributed by atoms with Gasteiger partial charge in [-0.05, 0) is 37.6 Å². The van der Waals surface area contributed by atoms with Crippen LogP contribution in [0, 0.1) is 18.3 Å². The summed E-state index contributed by atoms with van der Waals surface area (Å²) in [5.74, 6) is 0. The van der Waals surface area contributed by atoms with E-state index < -0.39 is 0 Å². The van der Waals surface area contributed by atoms with Crippen molar-refractivity contribution in [3.8, 4) is 6.07 Å². The first-order valence-corrected chi connectivity index (χ1v) is 4.94. The third kappa shape index (κ3) is 2.67. The molecule has 0 amide bonds. The Morgan fingerprint density at radius 2 is 2.23 bits per heavy atom. The minimum absolute atomic E-state index is 0.0117. The van der Waals surface area contributed by atoms with Gasteiger partial charge >= 0.3 is 0 Å². The van der Waals surface area contributed by atoms with Crippen LogP contribution in [0.5, 0.6) is 0 Å². The first-order chi connectivity index (χ1) is 6.13. The van der Waals surface area contributed by atoms with Crippen LogP contribution < -0.4 is 5.73 Å². The monoisotopic (exact) mass is 192 g/mol. The van der Waals surface area contributed by atoms with Gasteiger partial charge in [-0.25, -0.2) is 0 Å². The van der Waals surface area contributed by atoms with Gasteiger partial charge in [-0.3, -0.25) is 0 Å². The van der Waals surface area contributed by atoms with Crippen LogP contribution in [0.4, 0.5) is 5.69 Å². The summed E-state index contributed by atoms with van der Waals surface area (Å²) in [5.41, 5.74) is 7.52. The van der Waals surface area contributed by atoms with Crippen LogP contribution in [-0.2, 0) is 0 Å². The van der Waals surface area contributed by atoms with Crippen molar-refractivity contribution in [1.82, 2.24) is 0 Å². The Morgan fingerprint density at radius 1 is 1.54 bits per heavy atom. The maximum atomic E-state index is 8.65. The van der Waals surface area contributed by atoms with Gasteiger partial charge in [0.2, 0.25) is 0 Å². The van der Waals surface area contributed by atoms with E-state index in [4.69, 9.17) is 11.0 Å². The molecule has 3 heteroatoms. The summed E-state index contributed by atoms with van der Waals surface area (Å²) in [4.78, 5) is 1.13. The number of rotatable bonds is 2. The number of aryl methyl sites for hydroxylation is 1. The summed E-state index contributed by atoms with van der Waals surface area (Å²) >= 11 is 1.56. The Labute approximate surface area is 82.7 Å². The molecule has 13 heavy (non-hydrogen) atoms. The summed E-state index contributed by atoms with van der Waals surface area (Å²) in [7, 11) is 0. The predicted octanol–water partition coefficient (Wildman–Crippen LogP) is 2.58. The summed E-state index contributed by atoms with van der Waals surface area (Å²) < 4.78 is 0. The number of hydrogen-bond donors (Lipinski definition) is 1. The van der Waals surface area contributed by atoms with Gasteiger partial charge in [0.25, 0.3) is 0 Å². The van der Waals surface area contributed by atoms with E-state index in [1.807, 2.05) is 32.0 Å². The van der Waals surface area contributed by atoms with Crippen LogP contribution in [0.1, 0.15) is 12.5 Å². The van der Waals surface area contributed by atoms with Crippen molar-refractivity contribution < 1.29 is 0 Å². The molecule has 0 heterocycles. The van der Waals surface area contributed by atoms with Gasteiger partial charge in [0.1, 0.15) is 0 Å². The largest absolute Gasteiger partial charge is 0.399 e. The molecular weight excluding hydrogens is 180 g/mol. The Morgan fingerprint density at radius 3 is 2.77 bits per heavy atom. The summed E-state index contributed by atoms with van der Waals surface area (Å²) in [5, 5.41) is 8.63. The standard InChI is InChI=1S/C10H12N2S/c1-7-5-9(12)3-4-10(7)13-8(2)6-11/h3-5,8H,12H2,1-2H3. The van der Waals surface area contributed by atoms with Gasteiger partial charge in [0.05, 0.1) is 11.3 Å². The van der Waals surface area contributed by atoms with Crippen molar-refractivity contribution in [2.24, 2.45) is 0 Å². The number of thioether (sulfide) groups is 1. The molecule has 0 saturated carbocycles. The molecule has 0 aliphatic rings. The van der Waals surface area contributed by atoms with E-state index >= 15 is 0 Å². The Balaban J connectivity index is 2.85. The van der Waals surface area contributed by atoms with Crippen LogP contribution in [-0.4, -0.2) is 5.25 Å². The molecule has 1 aromatic rings. The van der Waals surface area contributed by atoms with Crippen molar-refractivity contribution in [3.63, 3.8) is 0 Å². The molecule has 0 fully saturated rings. The average molecular weight is 192 g/mol. The van der Waals surface area contributed by atoms with Gasteiger partial charge in [-0.1, -0.05) is 0 Å². The highest BCUT2D eigenvalue weighted by Gasteiger charge is 2.04. The van der Waals surface area contributed by atoms with Gasteiger partial charge in [0, 0.05) is 10.6 Å². The number of nitrogen functional groups attached to an aromatic ring is 1. The number of nitrogens with two attached hydrogens (primary N) is 1. The van der Waals surface area contributed by atoms with Crippen molar-refractivity contribution in [1.29, 1.82) is 5.26 Å². The Bertz CT molecular complexity index is 341. The lowest BCUT2D eigenvalue weighted by Crippen LogP contribution is -1.92. The highest BCUT2D eigenvalue weighted by Crippen LogP contribution is 2.27. The normalized spacial score (nSPS) is 12.1. The molecule has 0 saturated heterocycles. The molecule has 1 aromatic carbocycles. The van der Waals surface area contributed by atoms with Crippen molar-refractivity contribution in [3.05, 3.63) is 23.8 Å². The van der Waals surface area contributed by atoms with E-state index in [0.29, 0.717) is 0 Å². The highest BCUT2D eigenvalue weighted by molar-refractivity contribution is 8.00. The third-order valence-corrected chi connectivity index (χ3v) is 2.86. The van der Waals surface area contributed by atoms with Crippen LogP contribution >= 0.6 is 11.8 Å². The van der Waals surface area contributed by atoms with Crippen LogP contribution in [0.2, 0.25) is 0 Å². The fourth-order valence-electron chi connectivity index (χ4n) is 1.02. The maximum Gasteiger partial charge on any atom is 0.0935 e. The molecule has 68 valence electrons. The lowest BCUT2D eigenvalue weighted by Gasteiger charge is -2.06. The van der Waals surface area contributed by atoms with E-state index in [-0.39, 0.29) is 5.25 Å². The zero-order valence-electron chi connectivity index (χ0n) is 7.74. The summed E-state index contributed by atoms with van der Waals surface area (Å²) in [6.07, 6.45) is 0. The van der Waals surface area contributed by atoms with Crippen LogP contribution in [0.15, 0.2) is 23.1 Å². The topological polar surface area (TPSA) is 49.8 Å². The van der Waals surface area contributed by atoms with Crippen molar-refractivity contribution >= 4 is 17.4 Å². The number of benzene rings is 1. The fraction of sp³-hybridized carbons (Fsp3) is 0.300. The van der Waals surface area contributed by atoms with E-state index in [1.165, 1.54) is 0 Å². The van der Waals surface area contributed by atoms with Gasteiger partial charge in [-0.2, -0.15) is 5.26 Å². The minimum Gasteiger partial charge on any atom is -0.399 e. The second kappa shape index (κ2) is 4.20. The number of nitriles is 1. The first-order valence-electron chi connectivity index (χ1n) is 4.06. The lowest BCUT2D eigenvalue weighted by atomic mass is 10.2. The second-order valence-corrected chi connectivity index (χ2v) is 4.30. The zero-order chi connectivity index (χ0) is 9.84. The first kappa shape index (κ1) is 9.94. The Kier molecular flexibility index (Phi) is 3.21. The van der Waals surface area contributed by atoms with E-state index in [2.05, 4.69) is 6.07 Å². The predicted molar refractivity (Wildman–Crippen MR) is 56.5 cm³/mol. The molecule has 0 aromatic heterocycles. The smallest absolute Gasteiger partial charge is 0.0935 e. The Hall–Kier alpha value is -1.14. The summed E-state index contributed by atoms with van der Waals surface area (Å²) in [6.45, 7) is 3.89. The van der Waals surface area contributed by atoms with E-state index in [1.54, 1.807) is 11.8 Å². The quantitative estimate of drug-likeness (QED) is 0.578. The molecule has 2 nitrogen and oxygen atoms in total. The molecule has 0 radical (unpaired) electrons. The highest BCUT2D eigenvalue weighted by atomic mass is 32.2. The lowest BCUT2D eigenvalue weighted by molar-refractivity contribution is 1.22. The average Bonchev–Trinajstić information content (AvgIpc) is 2.09. The number of nitrogens with zero attached hydrogens (tertiary/aromatic N) is 1. The second-order valence-electron chi connectivity index (χ2n) is 2.91. The number of hydrogen-bond acceptors (Lipinski definition) is 3. The molecule has 1 atom stereocenters. The molecule has 0 aliphatic heterocycles. The maximum absolute atomic E-state index is 8.65. The fourth-order valence-corrected chi connectivity index (χ4v) is 1.85.